The Kier molecular flexibility index (Phi) is 3.29. The second-order valence-corrected chi connectivity index (χ2v) is 6.06. The van der Waals surface area contributed by atoms with Gasteiger partial charge in [0.2, 0.25) is 0 Å². The Morgan fingerprint density at radius 1 is 1.37 bits per heavy atom. The van der Waals surface area contributed by atoms with Gasteiger partial charge in [-0.3, -0.25) is 4.90 Å². The van der Waals surface area contributed by atoms with Crippen molar-refractivity contribution in [2.24, 2.45) is 18.7 Å². The summed E-state index contributed by atoms with van der Waals surface area (Å²) in [6, 6.07) is 7.09. The van der Waals surface area contributed by atoms with Gasteiger partial charge in [-0.15, -0.1) is 0 Å². The molecule has 2 aromatic rings. The smallest absolute Gasteiger partial charge is 0.0661 e. The van der Waals surface area contributed by atoms with Gasteiger partial charge in [-0.25, -0.2) is 0 Å². The van der Waals surface area contributed by atoms with Gasteiger partial charge in [0.1, 0.15) is 0 Å². The fraction of sp³-hybridized carbons (Fsp3) is 0.467. The summed E-state index contributed by atoms with van der Waals surface area (Å²) >= 11 is 6.29. The highest BCUT2D eigenvalue weighted by Gasteiger charge is 2.29. The molecule has 3 nitrogen and oxygen atoms in total. The molecule has 2 N–H and O–H groups in total. The minimum Gasteiger partial charge on any atom is -0.349 e. The third kappa shape index (κ3) is 2.16. The zero-order chi connectivity index (χ0) is 13.6. The van der Waals surface area contributed by atoms with Crippen LogP contribution < -0.4 is 5.73 Å². The van der Waals surface area contributed by atoms with E-state index in [1.165, 1.54) is 11.1 Å². The maximum absolute atomic E-state index is 6.29. The molecule has 102 valence electrons. The molecule has 2 heterocycles. The van der Waals surface area contributed by atoms with Gasteiger partial charge >= 0.3 is 0 Å². The normalized spacial score (nSPS) is 24.4. The SMILES string of the molecule is CN1CC(CN)CC1c1ccc2c(c1)c(Cl)cn2C. The number of likely N-dealkylation sites (tertiary alicyclic amines) is 1. The van der Waals surface area contributed by atoms with Crippen molar-refractivity contribution in [1.82, 2.24) is 9.47 Å². The van der Waals surface area contributed by atoms with E-state index in [-0.39, 0.29) is 0 Å². The minimum atomic E-state index is 0.467. The van der Waals surface area contributed by atoms with E-state index >= 15 is 0 Å². The van der Waals surface area contributed by atoms with Crippen molar-refractivity contribution in [1.29, 1.82) is 0 Å². The summed E-state index contributed by atoms with van der Waals surface area (Å²) in [5.41, 5.74) is 8.33. The average Bonchev–Trinajstić information content (AvgIpc) is 2.91. The molecule has 0 bridgehead atoms. The lowest BCUT2D eigenvalue weighted by molar-refractivity contribution is 0.314. The second kappa shape index (κ2) is 4.82. The molecule has 4 heteroatoms. The molecule has 1 aliphatic heterocycles. The van der Waals surface area contributed by atoms with Crippen molar-refractivity contribution in [3.63, 3.8) is 0 Å². The number of nitrogens with zero attached hydrogens (tertiary/aromatic N) is 2. The molecule has 0 spiro atoms. The molecule has 1 aromatic heterocycles. The summed E-state index contributed by atoms with van der Waals surface area (Å²) < 4.78 is 2.07. The zero-order valence-electron chi connectivity index (χ0n) is 11.4. The standard InChI is InChI=1S/C15H20ClN3/c1-18-8-10(7-17)5-15(18)11-3-4-14-12(6-11)13(16)9-19(14)2/h3-4,6,9-10,15H,5,7-8,17H2,1-2H3. The zero-order valence-corrected chi connectivity index (χ0v) is 12.2. The summed E-state index contributed by atoms with van der Waals surface area (Å²) in [5, 5.41) is 1.97. The molecule has 19 heavy (non-hydrogen) atoms. The first-order valence-corrected chi connectivity index (χ1v) is 7.12. The highest BCUT2D eigenvalue weighted by atomic mass is 35.5. The van der Waals surface area contributed by atoms with Crippen LogP contribution in [0.4, 0.5) is 0 Å². The van der Waals surface area contributed by atoms with Crippen molar-refractivity contribution in [3.05, 3.63) is 35.0 Å². The average molecular weight is 278 g/mol. The Labute approximate surface area is 118 Å². The first-order chi connectivity index (χ1) is 9.10. The largest absolute Gasteiger partial charge is 0.349 e. The Morgan fingerprint density at radius 3 is 2.84 bits per heavy atom. The molecule has 1 aromatic carbocycles. The van der Waals surface area contributed by atoms with Gasteiger partial charge in [0.15, 0.2) is 0 Å². The van der Waals surface area contributed by atoms with Gasteiger partial charge in [-0.2, -0.15) is 0 Å². The number of halogens is 1. The first-order valence-electron chi connectivity index (χ1n) is 6.75. The molecular weight excluding hydrogens is 258 g/mol. The molecule has 0 saturated carbocycles. The number of fused-ring (bicyclic) bond motifs is 1. The van der Waals surface area contributed by atoms with Crippen molar-refractivity contribution in [2.45, 2.75) is 12.5 Å². The van der Waals surface area contributed by atoms with Crippen LogP contribution in [0.3, 0.4) is 0 Å². The topological polar surface area (TPSA) is 34.2 Å². The predicted molar refractivity (Wildman–Crippen MR) is 80.5 cm³/mol. The van der Waals surface area contributed by atoms with E-state index in [4.69, 9.17) is 17.3 Å². The van der Waals surface area contributed by atoms with E-state index in [0.29, 0.717) is 12.0 Å². The fourth-order valence-electron chi connectivity index (χ4n) is 3.23. The van der Waals surface area contributed by atoms with E-state index in [1.54, 1.807) is 0 Å². The monoisotopic (exact) mass is 277 g/mol. The van der Waals surface area contributed by atoms with E-state index in [9.17, 15) is 0 Å². The number of nitrogens with two attached hydrogens (primary N) is 1. The number of hydrogen-bond acceptors (Lipinski definition) is 2. The number of benzene rings is 1. The summed E-state index contributed by atoms with van der Waals surface area (Å²) in [6.45, 7) is 1.86. The lowest BCUT2D eigenvalue weighted by Crippen LogP contribution is -2.20. The van der Waals surface area contributed by atoms with Crippen molar-refractivity contribution in [3.8, 4) is 0 Å². The Balaban J connectivity index is 1.99. The quantitative estimate of drug-likeness (QED) is 0.916. The molecule has 2 atom stereocenters. The van der Waals surface area contributed by atoms with E-state index in [1.807, 2.05) is 13.2 Å². The molecule has 0 radical (unpaired) electrons. The molecule has 1 saturated heterocycles. The van der Waals surface area contributed by atoms with Crippen LogP contribution >= 0.6 is 11.6 Å². The number of aromatic nitrogens is 1. The van der Waals surface area contributed by atoms with Crippen molar-refractivity contribution >= 4 is 22.5 Å². The minimum absolute atomic E-state index is 0.467. The van der Waals surface area contributed by atoms with Crippen LogP contribution in [0.15, 0.2) is 24.4 Å². The maximum atomic E-state index is 6.29. The van der Waals surface area contributed by atoms with Gasteiger partial charge in [0, 0.05) is 36.7 Å². The van der Waals surface area contributed by atoms with Gasteiger partial charge in [-0.05, 0) is 43.6 Å². The molecule has 1 aliphatic rings. The molecule has 0 amide bonds. The van der Waals surface area contributed by atoms with Crippen LogP contribution in [0.2, 0.25) is 5.02 Å². The van der Waals surface area contributed by atoms with E-state index < -0.39 is 0 Å². The van der Waals surface area contributed by atoms with Crippen LogP contribution in [0.1, 0.15) is 18.0 Å². The Hall–Kier alpha value is -1.03. The lowest BCUT2D eigenvalue weighted by Gasteiger charge is -2.19. The van der Waals surface area contributed by atoms with Crippen molar-refractivity contribution in [2.75, 3.05) is 20.1 Å². The summed E-state index contributed by atoms with van der Waals surface area (Å²) in [6.07, 6.45) is 3.11. The third-order valence-corrected chi connectivity index (χ3v) is 4.62. The molecular formula is C15H20ClN3. The van der Waals surface area contributed by atoms with Crippen LogP contribution in [0.5, 0.6) is 0 Å². The van der Waals surface area contributed by atoms with Crippen LogP contribution in [0.25, 0.3) is 10.9 Å². The third-order valence-electron chi connectivity index (χ3n) is 4.32. The summed E-state index contributed by atoms with van der Waals surface area (Å²) in [4.78, 5) is 2.40. The van der Waals surface area contributed by atoms with Gasteiger partial charge in [0.25, 0.3) is 0 Å². The van der Waals surface area contributed by atoms with Crippen LogP contribution in [-0.2, 0) is 7.05 Å². The number of aryl methyl sites for hydroxylation is 1. The van der Waals surface area contributed by atoms with E-state index in [2.05, 4.69) is 34.7 Å². The Morgan fingerprint density at radius 2 is 2.16 bits per heavy atom. The highest BCUT2D eigenvalue weighted by molar-refractivity contribution is 6.35. The molecule has 3 rings (SSSR count). The van der Waals surface area contributed by atoms with Crippen LogP contribution in [0, 0.1) is 5.92 Å². The predicted octanol–water partition coefficient (Wildman–Crippen LogP) is 2.78. The van der Waals surface area contributed by atoms with Gasteiger partial charge in [-0.1, -0.05) is 17.7 Å². The second-order valence-electron chi connectivity index (χ2n) is 5.66. The van der Waals surface area contributed by atoms with Crippen molar-refractivity contribution < 1.29 is 0 Å². The van der Waals surface area contributed by atoms with Gasteiger partial charge < -0.3 is 10.3 Å². The first kappa shape index (κ1) is 13.0. The molecule has 2 unspecified atom stereocenters. The summed E-state index contributed by atoms with van der Waals surface area (Å²) in [5.74, 6) is 0.608. The fourth-order valence-corrected chi connectivity index (χ4v) is 3.53. The van der Waals surface area contributed by atoms with Crippen LogP contribution in [-0.4, -0.2) is 29.6 Å². The van der Waals surface area contributed by atoms with E-state index in [0.717, 1.165) is 29.9 Å². The number of hydrogen-bond donors (Lipinski definition) is 1. The highest BCUT2D eigenvalue weighted by Crippen LogP contribution is 2.36. The number of rotatable bonds is 2. The lowest BCUT2D eigenvalue weighted by atomic mass is 9.99. The maximum Gasteiger partial charge on any atom is 0.0661 e. The molecule has 1 fully saturated rings. The Bertz CT molecular complexity index is 605. The van der Waals surface area contributed by atoms with Gasteiger partial charge in [0.05, 0.1) is 5.02 Å². The molecule has 0 aliphatic carbocycles. The summed E-state index contributed by atoms with van der Waals surface area (Å²) in [7, 11) is 4.21.